The normalized spacial score (nSPS) is 33.4. The van der Waals surface area contributed by atoms with Crippen LogP contribution in [0.5, 0.6) is 0 Å². The maximum Gasteiger partial charge on any atom is 0.410 e. The summed E-state index contributed by atoms with van der Waals surface area (Å²) in [5.41, 5.74) is 3.31. The van der Waals surface area contributed by atoms with E-state index in [1.807, 2.05) is 58.1 Å². The van der Waals surface area contributed by atoms with Crippen molar-refractivity contribution in [1.29, 1.82) is 0 Å². The number of esters is 1. The predicted octanol–water partition coefficient (Wildman–Crippen LogP) is 6.65. The van der Waals surface area contributed by atoms with Gasteiger partial charge in [0.25, 0.3) is 17.6 Å². The highest BCUT2D eigenvalue weighted by Gasteiger charge is 2.53. The van der Waals surface area contributed by atoms with Gasteiger partial charge in [0.05, 0.1) is 36.1 Å². The van der Waals surface area contributed by atoms with E-state index in [4.69, 9.17) is 38.4 Å². The summed E-state index contributed by atoms with van der Waals surface area (Å²) >= 11 is 0. The van der Waals surface area contributed by atoms with Crippen molar-refractivity contribution in [2.75, 3.05) is 77.4 Å². The maximum absolute atomic E-state index is 14.8. The summed E-state index contributed by atoms with van der Waals surface area (Å²) in [5.74, 6) is -7.66. The van der Waals surface area contributed by atoms with Crippen LogP contribution in [0.2, 0.25) is 0 Å². The van der Waals surface area contributed by atoms with E-state index in [-0.39, 0.29) is 55.2 Å². The number of ketones is 3. The van der Waals surface area contributed by atoms with Crippen molar-refractivity contribution >= 4 is 53.1 Å². The molecule has 24 heteroatoms. The number of piperidine rings is 1. The van der Waals surface area contributed by atoms with Crippen molar-refractivity contribution in [2.24, 2.45) is 35.5 Å². The molecule has 2 aromatic heterocycles. The summed E-state index contributed by atoms with van der Waals surface area (Å²) in [6.07, 6.45) is 15.0. The lowest BCUT2D eigenvalue weighted by Gasteiger charge is -2.42. The summed E-state index contributed by atoms with van der Waals surface area (Å²) in [6, 6.07) is -1.20. The van der Waals surface area contributed by atoms with Crippen molar-refractivity contribution in [3.05, 3.63) is 83.0 Å². The number of anilines is 2. The molecule has 3 saturated heterocycles. The first-order valence-electron chi connectivity index (χ1n) is 33.3. The third-order valence-electron chi connectivity index (χ3n) is 19.9. The molecule has 1 aliphatic carbocycles. The molecule has 6 aliphatic rings. The van der Waals surface area contributed by atoms with E-state index in [0.29, 0.717) is 126 Å². The fourth-order valence-electron chi connectivity index (χ4n) is 13.9. The number of aromatic nitrogens is 4. The predicted molar refractivity (Wildman–Crippen MR) is 345 cm³/mol. The number of ether oxygens (including phenoxy) is 6. The first-order chi connectivity index (χ1) is 44.5. The van der Waals surface area contributed by atoms with E-state index in [2.05, 4.69) is 25.1 Å². The molecule has 5 aliphatic heterocycles. The van der Waals surface area contributed by atoms with Gasteiger partial charge in [0.2, 0.25) is 17.7 Å². The second-order valence-corrected chi connectivity index (χ2v) is 26.6. The number of allylic oxidation sites excluding steroid dienone is 6. The summed E-state index contributed by atoms with van der Waals surface area (Å²) in [4.78, 5) is 124. The van der Waals surface area contributed by atoms with E-state index in [0.717, 1.165) is 16.8 Å². The minimum absolute atomic E-state index is 0.0118. The van der Waals surface area contributed by atoms with E-state index in [1.165, 1.54) is 24.4 Å². The number of carbonyl (C=O) groups excluding carboxylic acids is 7. The van der Waals surface area contributed by atoms with Gasteiger partial charge < -0.3 is 63.6 Å². The van der Waals surface area contributed by atoms with Crippen LogP contribution in [-0.2, 0) is 65.4 Å². The smallest absolute Gasteiger partial charge is 0.410 e. The van der Waals surface area contributed by atoms with E-state index < -0.39 is 102 Å². The number of nitrogens with zero attached hydrogens (tertiary/aromatic N) is 8. The first-order valence-corrected chi connectivity index (χ1v) is 33.3. The minimum Gasteiger partial charge on any atom is -0.460 e. The summed E-state index contributed by atoms with van der Waals surface area (Å²) in [6.45, 7) is 15.9. The van der Waals surface area contributed by atoms with Crippen LogP contribution in [-0.4, -0.2) is 203 Å². The maximum atomic E-state index is 14.8. The number of carbonyl (C=O) groups is 7. The standard InChI is InChI=1S/C69H99N9O15/c1-41-17-13-12-14-18-42(2)56(88-9)35-51-22-20-47(7)69(87,93-51)62(82)64(84)78-25-16-15-19-53(78)65(85)91-57(36-54(79)43(3)32-46(6)60(81)61(90-11)59(80)45(5)31-41)44(4)33-48-21-23-55(58(34-48)89-10)92-68(86)77-26-24-52-50(40-77)39-73-67(74-52)76-29-27-75(28-30-76)66-71-37-49(38-72-66)63(83)70-8/h12-14,17-18,32,37-39,41,43-45,47-48,51,53,55-58,60-61,81,87H,15-16,19-31,33-36,40H2,1-11H3,(H,70,83)/b14-12+,17-13+,42-18+,46-32+/t41-,43-,44-,45-,47-,48+,51+,53+,55-,56+,57+,58-,60-,61+,69-/m1/s1. The van der Waals surface area contributed by atoms with Crippen LogP contribution >= 0.6 is 0 Å². The van der Waals surface area contributed by atoms with Gasteiger partial charge in [-0.05, 0) is 107 Å². The summed E-state index contributed by atoms with van der Waals surface area (Å²) in [5, 5.41) is 26.3. The molecule has 1 saturated carbocycles. The van der Waals surface area contributed by atoms with E-state index >= 15 is 0 Å². The Morgan fingerprint density at radius 1 is 0.796 bits per heavy atom. The Morgan fingerprint density at radius 3 is 2.19 bits per heavy atom. The zero-order chi connectivity index (χ0) is 67.3. The van der Waals surface area contributed by atoms with Gasteiger partial charge in [-0.25, -0.2) is 29.5 Å². The largest absolute Gasteiger partial charge is 0.460 e. The number of hydrogen-bond acceptors (Lipinski definition) is 21. The number of amides is 3. The van der Waals surface area contributed by atoms with Crippen LogP contribution < -0.4 is 15.1 Å². The number of fused-ring (bicyclic) bond motifs is 4. The second kappa shape index (κ2) is 33.0. The number of piperazine rings is 1. The van der Waals surface area contributed by atoms with Gasteiger partial charge in [-0.3, -0.25) is 24.0 Å². The van der Waals surface area contributed by atoms with Crippen LogP contribution in [0.1, 0.15) is 147 Å². The Balaban J connectivity index is 0.947. The fourth-order valence-corrected chi connectivity index (χ4v) is 13.9. The topological polar surface area (TPSA) is 292 Å². The lowest BCUT2D eigenvalue weighted by molar-refractivity contribution is -0.265. The van der Waals surface area contributed by atoms with Crippen LogP contribution in [0.25, 0.3) is 0 Å². The van der Waals surface area contributed by atoms with Gasteiger partial charge in [0.1, 0.15) is 36.2 Å². The monoisotopic (exact) mass is 1290 g/mol. The van der Waals surface area contributed by atoms with Crippen LogP contribution in [0.4, 0.5) is 16.7 Å². The zero-order valence-corrected chi connectivity index (χ0v) is 56.2. The average molecular weight is 1290 g/mol. The molecular weight excluding hydrogens is 1190 g/mol. The molecule has 2 bridgehead atoms. The van der Waals surface area contributed by atoms with Crippen LogP contribution in [0, 0.1) is 35.5 Å². The first kappa shape index (κ1) is 72.0. The van der Waals surface area contributed by atoms with Gasteiger partial charge in [-0.2, -0.15) is 0 Å². The highest BCUT2D eigenvalue weighted by Crippen LogP contribution is 2.39. The summed E-state index contributed by atoms with van der Waals surface area (Å²) in [7, 11) is 6.09. The number of Topliss-reactive ketones (excluding diaryl/α,β-unsaturated/α-hetero) is 3. The molecule has 8 rings (SSSR count). The molecule has 4 fully saturated rings. The SMILES string of the molecule is CNC(=O)c1cnc(N2CCN(c3ncc4c(n3)CCN(C(=O)O[C@@H]3CC[C@@H](C[C@@H](C)[C@@H]5CC(=O)[C@H](C)/C=C(\C)[C@@H](O)[C@@H](OC)C(=O)[C@H](C)C[C@H](C)/C=C/C=C/C=C(\C)[C@@H](OC)C[C@@H]6CC[C@@H](C)[C@@](O)(O6)C(=O)C(=O)N6CCCC[C@H]6C(=O)O5)C[C@H]3OC)C4)CC2)nc1. The summed E-state index contributed by atoms with van der Waals surface area (Å²) < 4.78 is 36.4. The van der Waals surface area contributed by atoms with Crippen LogP contribution in [0.3, 0.4) is 0 Å². The van der Waals surface area contributed by atoms with Gasteiger partial charge in [-0.15, -0.1) is 0 Å². The Hall–Kier alpha value is -6.83. The molecule has 0 aromatic carbocycles. The molecule has 510 valence electrons. The molecule has 15 atom stereocenters. The average Bonchev–Trinajstić information content (AvgIpc) is 0.790. The Labute approximate surface area is 547 Å². The molecular formula is C69H99N9O15. The van der Waals surface area contributed by atoms with E-state index in [1.54, 1.807) is 59.2 Å². The molecule has 24 nitrogen and oxygen atoms in total. The number of nitrogens with one attached hydrogen (secondary N) is 1. The number of aliphatic hydroxyl groups excluding tert-OH is 1. The third-order valence-corrected chi connectivity index (χ3v) is 19.9. The second-order valence-electron chi connectivity index (χ2n) is 26.6. The van der Waals surface area contributed by atoms with Crippen molar-refractivity contribution in [2.45, 2.75) is 193 Å². The van der Waals surface area contributed by atoms with Crippen molar-refractivity contribution in [3.8, 4) is 0 Å². The lowest BCUT2D eigenvalue weighted by Crippen LogP contribution is -2.61. The highest BCUT2D eigenvalue weighted by molar-refractivity contribution is 6.39. The molecule has 3 N–H and O–H groups in total. The van der Waals surface area contributed by atoms with Gasteiger partial charge in [0.15, 0.2) is 5.78 Å². The molecule has 0 spiro atoms. The quantitative estimate of drug-likeness (QED) is 0.127. The molecule has 0 radical (unpaired) electrons. The van der Waals surface area contributed by atoms with Gasteiger partial charge >= 0.3 is 12.1 Å². The molecule has 2 aromatic rings. The fraction of sp³-hybridized carbons (Fsp3) is 0.667. The molecule has 3 amide bonds. The lowest BCUT2D eigenvalue weighted by atomic mass is 9.78. The Kier molecular flexibility index (Phi) is 25.6. The number of hydrogen-bond donors (Lipinski definition) is 3. The zero-order valence-electron chi connectivity index (χ0n) is 56.2. The Morgan fingerprint density at radius 2 is 1.51 bits per heavy atom. The number of aliphatic hydroxyl groups is 2. The van der Waals surface area contributed by atoms with Crippen molar-refractivity contribution in [3.63, 3.8) is 0 Å². The highest BCUT2D eigenvalue weighted by atomic mass is 16.6. The number of rotatable bonds is 10. The molecule has 0 unspecified atom stereocenters. The van der Waals surface area contributed by atoms with E-state index in [9.17, 15) is 43.8 Å². The number of methoxy groups -OCH3 is 3. The number of cyclic esters (lactones) is 1. The minimum atomic E-state index is -2.48. The van der Waals surface area contributed by atoms with Crippen molar-refractivity contribution < 1.29 is 72.2 Å². The van der Waals surface area contributed by atoms with Crippen molar-refractivity contribution in [1.82, 2.24) is 35.1 Å². The molecule has 7 heterocycles. The third kappa shape index (κ3) is 17.9. The van der Waals surface area contributed by atoms with Crippen LogP contribution in [0.15, 0.2) is 66.2 Å². The molecule has 93 heavy (non-hydrogen) atoms. The Bertz CT molecular complexity index is 3080. The van der Waals surface area contributed by atoms with Gasteiger partial charge in [-0.1, -0.05) is 71.1 Å². The van der Waals surface area contributed by atoms with Gasteiger partial charge in [0, 0.05) is 129 Å².